The maximum absolute atomic E-state index is 12.6. The number of nitro groups is 1. The maximum Gasteiger partial charge on any atom is 0.455 e. The summed E-state index contributed by atoms with van der Waals surface area (Å²) in [5, 5.41) is 14.6. The summed E-state index contributed by atoms with van der Waals surface area (Å²) in [4.78, 5) is 22.1. The molecule has 0 saturated carbocycles. The van der Waals surface area contributed by atoms with Gasteiger partial charge in [0.15, 0.2) is 12.7 Å². The van der Waals surface area contributed by atoms with Crippen molar-refractivity contribution in [1.29, 1.82) is 0 Å². The first-order valence-corrected chi connectivity index (χ1v) is 5.54. The molecule has 1 heterocycles. The van der Waals surface area contributed by atoms with Crippen LogP contribution in [0.4, 0.5) is 22.0 Å². The zero-order chi connectivity index (χ0) is 16.4. The minimum absolute atomic E-state index is 0.486. The topological polar surface area (TPSA) is 87.5 Å². The Balaban J connectivity index is 2.59. The average molecular weight is 318 g/mol. The first-order valence-electron chi connectivity index (χ1n) is 5.54. The van der Waals surface area contributed by atoms with E-state index >= 15 is 0 Å². The Kier molecular flexibility index (Phi) is 4.59. The molecule has 1 rings (SSSR count). The fourth-order valence-electron chi connectivity index (χ4n) is 1.46. The molecule has 0 aromatic heterocycles. The van der Waals surface area contributed by atoms with E-state index in [1.54, 1.807) is 0 Å². The Morgan fingerprint density at radius 3 is 2.52 bits per heavy atom. The number of alkyl halides is 5. The van der Waals surface area contributed by atoms with Gasteiger partial charge in [-0.05, 0) is 11.8 Å². The Hall–Kier alpha value is -2.14. The molecule has 0 bridgehead atoms. The Morgan fingerprint density at radius 2 is 2.05 bits per heavy atom. The fraction of sp³-hybridized carbons (Fsp3) is 0.667. The quantitative estimate of drug-likeness (QED) is 0.441. The second-order valence-electron chi connectivity index (χ2n) is 4.21. The summed E-state index contributed by atoms with van der Waals surface area (Å²) in [5.74, 6) is -6.75. The van der Waals surface area contributed by atoms with Gasteiger partial charge in [0.1, 0.15) is 0 Å². The number of hydrogen-bond donors (Lipinski definition) is 2. The van der Waals surface area contributed by atoms with Gasteiger partial charge in [-0.15, -0.1) is 0 Å². The minimum atomic E-state index is -5.78. The van der Waals surface area contributed by atoms with E-state index in [9.17, 15) is 36.9 Å². The Labute approximate surface area is 114 Å². The van der Waals surface area contributed by atoms with Crippen molar-refractivity contribution in [1.82, 2.24) is 15.5 Å². The number of halogens is 5. The second kappa shape index (κ2) is 5.69. The predicted molar refractivity (Wildman–Crippen MR) is 58.4 cm³/mol. The zero-order valence-electron chi connectivity index (χ0n) is 10.6. The number of carbonyl (C=O) groups excluding carboxylic acids is 1. The van der Waals surface area contributed by atoms with Crippen molar-refractivity contribution in [3.05, 3.63) is 22.1 Å². The summed E-state index contributed by atoms with van der Waals surface area (Å²) in [6.07, 6.45) is -5.45. The molecule has 0 radical (unpaired) electrons. The smallest absolute Gasteiger partial charge is 0.358 e. The number of nitrogens with one attached hydrogen (secondary N) is 2. The molecule has 1 amide bonds. The number of rotatable bonds is 5. The Bertz CT molecular complexity index is 465. The monoisotopic (exact) mass is 318 g/mol. The summed E-state index contributed by atoms with van der Waals surface area (Å²) < 4.78 is 60.9. The van der Waals surface area contributed by atoms with Crippen LogP contribution >= 0.6 is 0 Å². The van der Waals surface area contributed by atoms with Crippen molar-refractivity contribution >= 4 is 5.91 Å². The van der Waals surface area contributed by atoms with Gasteiger partial charge in [-0.1, -0.05) is 0 Å². The predicted octanol–water partition coefficient (Wildman–Crippen LogP) is 0.627. The van der Waals surface area contributed by atoms with E-state index in [-0.39, 0.29) is 0 Å². The number of amides is 1. The largest absolute Gasteiger partial charge is 0.455 e. The summed E-state index contributed by atoms with van der Waals surface area (Å²) in [5.41, 5.74) is 0. The molecule has 0 aliphatic carbocycles. The van der Waals surface area contributed by atoms with Gasteiger partial charge in [0, 0.05) is 0 Å². The molecule has 1 unspecified atom stereocenters. The molecule has 1 aliphatic rings. The molecule has 120 valence electrons. The second-order valence-corrected chi connectivity index (χ2v) is 4.21. The van der Waals surface area contributed by atoms with Gasteiger partial charge >= 0.3 is 17.9 Å². The van der Waals surface area contributed by atoms with Crippen molar-refractivity contribution in [2.75, 3.05) is 13.1 Å². The highest BCUT2D eigenvalue weighted by atomic mass is 19.4. The zero-order valence-corrected chi connectivity index (χ0v) is 10.6. The standard InChI is InChI=1S/C9H11F5N4O3/c1-5-15-2-7(18(20)21)17(5)3-6(19)16-4-8(10,11)9(12,13)14/h2,5,15H,3-4H2,1H3,(H,16,19). The lowest BCUT2D eigenvalue weighted by Gasteiger charge is -2.21. The van der Waals surface area contributed by atoms with Crippen molar-refractivity contribution < 1.29 is 31.7 Å². The molecule has 0 aromatic rings. The molecule has 1 atom stereocenters. The van der Waals surface area contributed by atoms with Gasteiger partial charge in [0.25, 0.3) is 5.91 Å². The summed E-state index contributed by atoms with van der Waals surface area (Å²) >= 11 is 0. The first-order chi connectivity index (χ1) is 9.45. The lowest BCUT2D eigenvalue weighted by molar-refractivity contribution is -0.445. The van der Waals surface area contributed by atoms with E-state index in [0.29, 0.717) is 0 Å². The SMILES string of the molecule is CC1NC=C([N+](=O)[O-])N1CC(=O)NCC(F)(F)C(F)(F)F. The van der Waals surface area contributed by atoms with Gasteiger partial charge < -0.3 is 20.7 Å². The number of nitrogens with zero attached hydrogens (tertiary/aromatic N) is 2. The highest BCUT2D eigenvalue weighted by molar-refractivity contribution is 5.78. The third kappa shape index (κ3) is 3.92. The maximum atomic E-state index is 12.6. The Morgan fingerprint density at radius 1 is 1.48 bits per heavy atom. The van der Waals surface area contributed by atoms with Crippen LogP contribution in [0, 0.1) is 10.1 Å². The van der Waals surface area contributed by atoms with Crippen LogP contribution in [0.5, 0.6) is 0 Å². The van der Waals surface area contributed by atoms with Crippen molar-refractivity contribution in [3.8, 4) is 0 Å². The van der Waals surface area contributed by atoms with Crippen molar-refractivity contribution in [3.63, 3.8) is 0 Å². The fourth-order valence-corrected chi connectivity index (χ4v) is 1.46. The van der Waals surface area contributed by atoms with Crippen molar-refractivity contribution in [2.45, 2.75) is 25.2 Å². The number of hydrogen-bond acceptors (Lipinski definition) is 5. The highest BCUT2D eigenvalue weighted by Gasteiger charge is 2.57. The van der Waals surface area contributed by atoms with Gasteiger partial charge in [-0.2, -0.15) is 22.0 Å². The third-order valence-electron chi connectivity index (χ3n) is 2.64. The molecular weight excluding hydrogens is 307 g/mol. The van der Waals surface area contributed by atoms with Gasteiger partial charge in [-0.3, -0.25) is 4.79 Å². The van der Waals surface area contributed by atoms with E-state index in [0.717, 1.165) is 11.1 Å². The summed E-state index contributed by atoms with van der Waals surface area (Å²) in [6, 6.07) is 0. The molecule has 0 saturated heterocycles. The first kappa shape index (κ1) is 16.9. The molecule has 0 fully saturated rings. The van der Waals surface area contributed by atoms with Crippen LogP contribution in [-0.2, 0) is 4.79 Å². The van der Waals surface area contributed by atoms with Gasteiger partial charge in [-0.25, -0.2) is 4.90 Å². The van der Waals surface area contributed by atoms with E-state index in [1.165, 1.54) is 12.2 Å². The third-order valence-corrected chi connectivity index (χ3v) is 2.64. The van der Waals surface area contributed by atoms with Crippen LogP contribution in [0.2, 0.25) is 0 Å². The normalized spacial score (nSPS) is 19.0. The van der Waals surface area contributed by atoms with E-state index in [2.05, 4.69) is 5.32 Å². The molecule has 21 heavy (non-hydrogen) atoms. The molecule has 2 N–H and O–H groups in total. The molecule has 12 heteroatoms. The molecule has 0 aromatic carbocycles. The lowest BCUT2D eigenvalue weighted by Crippen LogP contribution is -2.49. The molecule has 0 spiro atoms. The molecule has 7 nitrogen and oxygen atoms in total. The minimum Gasteiger partial charge on any atom is -0.358 e. The van der Waals surface area contributed by atoms with Crippen LogP contribution in [-0.4, -0.2) is 47.1 Å². The lowest BCUT2D eigenvalue weighted by atomic mass is 10.3. The molecular formula is C9H11F5N4O3. The summed E-state index contributed by atoms with van der Waals surface area (Å²) in [7, 11) is 0. The van der Waals surface area contributed by atoms with E-state index in [1.807, 2.05) is 0 Å². The average Bonchev–Trinajstić information content (AvgIpc) is 2.67. The van der Waals surface area contributed by atoms with Crippen LogP contribution in [0.25, 0.3) is 0 Å². The van der Waals surface area contributed by atoms with Gasteiger partial charge in [0.05, 0.1) is 12.7 Å². The highest BCUT2D eigenvalue weighted by Crippen LogP contribution is 2.34. The summed E-state index contributed by atoms with van der Waals surface area (Å²) in [6.45, 7) is -1.21. The van der Waals surface area contributed by atoms with Crippen LogP contribution in [0.15, 0.2) is 12.0 Å². The van der Waals surface area contributed by atoms with E-state index in [4.69, 9.17) is 0 Å². The molecule has 1 aliphatic heterocycles. The van der Waals surface area contributed by atoms with E-state index < -0.39 is 48.0 Å². The van der Waals surface area contributed by atoms with Crippen molar-refractivity contribution in [2.24, 2.45) is 0 Å². The van der Waals surface area contributed by atoms with Crippen LogP contribution < -0.4 is 10.6 Å². The van der Waals surface area contributed by atoms with Crippen LogP contribution in [0.3, 0.4) is 0 Å². The van der Waals surface area contributed by atoms with Gasteiger partial charge in [0.2, 0.25) is 0 Å². The van der Waals surface area contributed by atoms with Crippen LogP contribution in [0.1, 0.15) is 6.92 Å². The number of carbonyl (C=O) groups is 1.